The van der Waals surface area contributed by atoms with Crippen molar-refractivity contribution < 1.29 is 0 Å². The number of aryl methyl sites for hydroxylation is 1. The third-order valence-electron chi connectivity index (χ3n) is 3.02. The van der Waals surface area contributed by atoms with E-state index in [1.165, 1.54) is 21.6 Å². The Kier molecular flexibility index (Phi) is 4.85. The second-order valence-electron chi connectivity index (χ2n) is 4.32. The Balaban J connectivity index is 2.20. The van der Waals surface area contributed by atoms with Crippen LogP contribution in [0.25, 0.3) is 11.1 Å². The molecule has 0 bridgehead atoms. The quantitative estimate of drug-likeness (QED) is 0.820. The fraction of sp³-hybridized carbons (Fsp3) is 0.250. The molecule has 0 radical (unpaired) electrons. The monoisotopic (exact) mass is 257 g/mol. The first kappa shape index (κ1) is 13.2. The molecule has 18 heavy (non-hydrogen) atoms. The maximum absolute atomic E-state index is 5.56. The van der Waals surface area contributed by atoms with Crippen LogP contribution in [-0.4, -0.2) is 12.8 Å². The Morgan fingerprint density at radius 1 is 1.00 bits per heavy atom. The van der Waals surface area contributed by atoms with Crippen LogP contribution in [0.15, 0.2) is 53.4 Å². The molecule has 0 heterocycles. The lowest BCUT2D eigenvalue weighted by molar-refractivity contribution is 0.833. The minimum Gasteiger partial charge on any atom is -0.330 e. The predicted octanol–water partition coefficient (Wildman–Crippen LogP) is 3.97. The van der Waals surface area contributed by atoms with Crippen molar-refractivity contribution in [2.75, 3.05) is 12.8 Å². The summed E-state index contributed by atoms with van der Waals surface area (Å²) in [5.41, 5.74) is 9.49. The van der Waals surface area contributed by atoms with Crippen molar-refractivity contribution in [3.63, 3.8) is 0 Å². The molecule has 0 amide bonds. The Labute approximate surface area is 113 Å². The van der Waals surface area contributed by atoms with E-state index in [1.807, 2.05) is 0 Å². The van der Waals surface area contributed by atoms with Gasteiger partial charge in [0.05, 0.1) is 0 Å². The molecule has 1 nitrogen and oxygen atoms in total. The zero-order valence-corrected chi connectivity index (χ0v) is 11.5. The van der Waals surface area contributed by atoms with Gasteiger partial charge in [0.2, 0.25) is 0 Å². The molecule has 0 spiro atoms. The van der Waals surface area contributed by atoms with E-state index >= 15 is 0 Å². The number of benzene rings is 2. The molecule has 94 valence electrons. The van der Waals surface area contributed by atoms with E-state index in [-0.39, 0.29) is 0 Å². The molecule has 0 aliphatic carbocycles. The van der Waals surface area contributed by atoms with Crippen LogP contribution in [0, 0.1) is 0 Å². The van der Waals surface area contributed by atoms with Gasteiger partial charge in [0, 0.05) is 4.90 Å². The van der Waals surface area contributed by atoms with Crippen LogP contribution in [0.1, 0.15) is 12.0 Å². The van der Waals surface area contributed by atoms with Crippen LogP contribution in [-0.2, 0) is 6.42 Å². The zero-order valence-electron chi connectivity index (χ0n) is 10.7. The summed E-state index contributed by atoms with van der Waals surface area (Å²) in [6.45, 7) is 0.757. The molecule has 0 unspecified atom stereocenters. The van der Waals surface area contributed by atoms with Crippen molar-refractivity contribution in [1.29, 1.82) is 0 Å². The molecule has 0 saturated carbocycles. The van der Waals surface area contributed by atoms with Gasteiger partial charge >= 0.3 is 0 Å². The molecule has 2 N–H and O–H groups in total. The summed E-state index contributed by atoms with van der Waals surface area (Å²) in [5.74, 6) is 0. The first-order valence-corrected chi connectivity index (χ1v) is 7.49. The SMILES string of the molecule is CSc1ccc(-c2cccc(CCCN)c2)cc1. The predicted molar refractivity (Wildman–Crippen MR) is 81.0 cm³/mol. The topological polar surface area (TPSA) is 26.0 Å². The van der Waals surface area contributed by atoms with Crippen molar-refractivity contribution in [3.8, 4) is 11.1 Å². The van der Waals surface area contributed by atoms with Gasteiger partial charge in [-0.2, -0.15) is 0 Å². The summed E-state index contributed by atoms with van der Waals surface area (Å²) >= 11 is 1.77. The maximum atomic E-state index is 5.56. The van der Waals surface area contributed by atoms with E-state index in [0.717, 1.165) is 19.4 Å². The minimum absolute atomic E-state index is 0.757. The van der Waals surface area contributed by atoms with Crippen LogP contribution < -0.4 is 5.73 Å². The van der Waals surface area contributed by atoms with Crippen LogP contribution >= 0.6 is 11.8 Å². The van der Waals surface area contributed by atoms with Crippen molar-refractivity contribution in [2.45, 2.75) is 17.7 Å². The van der Waals surface area contributed by atoms with Crippen LogP contribution in [0.3, 0.4) is 0 Å². The normalized spacial score (nSPS) is 10.6. The molecule has 0 aliphatic rings. The first-order valence-electron chi connectivity index (χ1n) is 6.27. The highest BCUT2D eigenvalue weighted by atomic mass is 32.2. The minimum atomic E-state index is 0.757. The average Bonchev–Trinajstić information content (AvgIpc) is 2.45. The summed E-state index contributed by atoms with van der Waals surface area (Å²) in [4.78, 5) is 1.30. The zero-order chi connectivity index (χ0) is 12.8. The highest BCUT2D eigenvalue weighted by molar-refractivity contribution is 7.98. The van der Waals surface area contributed by atoms with E-state index in [0.29, 0.717) is 0 Å². The molecule has 2 aromatic carbocycles. The third kappa shape index (κ3) is 3.37. The second-order valence-corrected chi connectivity index (χ2v) is 5.20. The van der Waals surface area contributed by atoms with E-state index in [9.17, 15) is 0 Å². The fourth-order valence-electron chi connectivity index (χ4n) is 2.00. The van der Waals surface area contributed by atoms with E-state index in [2.05, 4.69) is 54.8 Å². The smallest absolute Gasteiger partial charge is 0.00695 e. The summed E-state index contributed by atoms with van der Waals surface area (Å²) in [6, 6.07) is 17.5. The standard InChI is InChI=1S/C16H19NS/c1-18-16-9-7-14(8-10-16)15-6-2-4-13(12-15)5-3-11-17/h2,4,6-10,12H,3,5,11,17H2,1H3. The number of thioether (sulfide) groups is 1. The summed E-state index contributed by atoms with van der Waals surface area (Å²) < 4.78 is 0. The van der Waals surface area contributed by atoms with E-state index in [1.54, 1.807) is 11.8 Å². The maximum Gasteiger partial charge on any atom is 0.00695 e. The van der Waals surface area contributed by atoms with Gasteiger partial charge in [-0.25, -0.2) is 0 Å². The Morgan fingerprint density at radius 3 is 2.44 bits per heavy atom. The van der Waals surface area contributed by atoms with Crippen molar-refractivity contribution in [2.24, 2.45) is 5.73 Å². The van der Waals surface area contributed by atoms with E-state index in [4.69, 9.17) is 5.73 Å². The Bertz CT molecular complexity index is 491. The van der Waals surface area contributed by atoms with Gasteiger partial charge in [-0.3, -0.25) is 0 Å². The van der Waals surface area contributed by atoms with Crippen LogP contribution in [0.5, 0.6) is 0 Å². The molecule has 0 aromatic heterocycles. The number of hydrogen-bond donors (Lipinski definition) is 1. The molecular formula is C16H19NS. The number of nitrogens with two attached hydrogens (primary N) is 1. The summed E-state index contributed by atoms with van der Waals surface area (Å²) in [6.07, 6.45) is 4.21. The average molecular weight is 257 g/mol. The largest absolute Gasteiger partial charge is 0.330 e. The van der Waals surface area contributed by atoms with Gasteiger partial charge < -0.3 is 5.73 Å². The van der Waals surface area contributed by atoms with E-state index < -0.39 is 0 Å². The van der Waals surface area contributed by atoms with Gasteiger partial charge in [0.1, 0.15) is 0 Å². The lowest BCUT2D eigenvalue weighted by atomic mass is 10.0. The first-order chi connectivity index (χ1) is 8.83. The van der Waals surface area contributed by atoms with Gasteiger partial charge in [-0.15, -0.1) is 11.8 Å². The lowest BCUT2D eigenvalue weighted by Crippen LogP contribution is -2.00. The number of rotatable bonds is 5. The molecule has 0 atom stereocenters. The van der Waals surface area contributed by atoms with Gasteiger partial charge in [0.25, 0.3) is 0 Å². The second kappa shape index (κ2) is 6.62. The van der Waals surface area contributed by atoms with Gasteiger partial charge in [-0.05, 0) is 54.5 Å². The highest BCUT2D eigenvalue weighted by Crippen LogP contribution is 2.24. The molecular weight excluding hydrogens is 238 g/mol. The fourth-order valence-corrected chi connectivity index (χ4v) is 2.40. The summed E-state index contributed by atoms with van der Waals surface area (Å²) in [5, 5.41) is 0. The van der Waals surface area contributed by atoms with Crippen molar-refractivity contribution in [1.82, 2.24) is 0 Å². The molecule has 2 aromatic rings. The van der Waals surface area contributed by atoms with Gasteiger partial charge in [0.15, 0.2) is 0 Å². The van der Waals surface area contributed by atoms with Gasteiger partial charge in [-0.1, -0.05) is 36.4 Å². The Hall–Kier alpha value is -1.25. The highest BCUT2D eigenvalue weighted by Gasteiger charge is 1.99. The third-order valence-corrected chi connectivity index (χ3v) is 3.76. The van der Waals surface area contributed by atoms with Crippen LogP contribution in [0.4, 0.5) is 0 Å². The molecule has 0 fully saturated rings. The molecule has 0 aliphatic heterocycles. The Morgan fingerprint density at radius 2 is 1.78 bits per heavy atom. The number of hydrogen-bond acceptors (Lipinski definition) is 2. The molecule has 2 heteroatoms. The van der Waals surface area contributed by atoms with Crippen LogP contribution in [0.2, 0.25) is 0 Å². The molecule has 2 rings (SSSR count). The van der Waals surface area contributed by atoms with Crippen molar-refractivity contribution >= 4 is 11.8 Å². The molecule has 0 saturated heterocycles. The summed E-state index contributed by atoms with van der Waals surface area (Å²) in [7, 11) is 0. The van der Waals surface area contributed by atoms with Crippen molar-refractivity contribution in [3.05, 3.63) is 54.1 Å². The lowest BCUT2D eigenvalue weighted by Gasteiger charge is -2.06.